The molecule has 3 nitrogen and oxygen atoms in total. The Kier molecular flexibility index (Phi) is 2.48. The van der Waals surface area contributed by atoms with E-state index in [2.05, 4.69) is 41.6 Å². The number of aryl methyl sites for hydroxylation is 2. The van der Waals surface area contributed by atoms with Crippen LogP contribution in [0.25, 0.3) is 0 Å². The number of nitrogens with one attached hydrogen (secondary N) is 1. The Morgan fingerprint density at radius 1 is 1.41 bits per heavy atom. The van der Waals surface area contributed by atoms with Crippen LogP contribution in [0.15, 0.2) is 30.5 Å². The molecule has 1 aliphatic heterocycles. The van der Waals surface area contributed by atoms with E-state index in [0.29, 0.717) is 5.92 Å². The van der Waals surface area contributed by atoms with Crippen LogP contribution in [0, 0.1) is 6.92 Å². The van der Waals surface area contributed by atoms with Gasteiger partial charge in [-0.25, -0.2) is 0 Å². The Hall–Kier alpha value is -1.61. The average molecular weight is 227 g/mol. The number of fused-ring (bicyclic) bond motifs is 1. The van der Waals surface area contributed by atoms with Crippen LogP contribution >= 0.6 is 0 Å². The van der Waals surface area contributed by atoms with Crippen LogP contribution in [0.1, 0.15) is 28.3 Å². The summed E-state index contributed by atoms with van der Waals surface area (Å²) in [5.74, 6) is 0.437. The Labute approximate surface area is 101 Å². The Balaban J connectivity index is 2.06. The van der Waals surface area contributed by atoms with Gasteiger partial charge in [-0.2, -0.15) is 5.10 Å². The van der Waals surface area contributed by atoms with Crippen molar-refractivity contribution in [2.45, 2.75) is 19.4 Å². The quantitative estimate of drug-likeness (QED) is 0.807. The van der Waals surface area contributed by atoms with Crippen LogP contribution in [-0.4, -0.2) is 16.3 Å². The van der Waals surface area contributed by atoms with Gasteiger partial charge in [-0.3, -0.25) is 4.68 Å². The monoisotopic (exact) mass is 227 g/mol. The first kappa shape index (κ1) is 10.5. The van der Waals surface area contributed by atoms with Crippen molar-refractivity contribution in [1.29, 1.82) is 0 Å². The predicted molar refractivity (Wildman–Crippen MR) is 67.9 cm³/mol. The van der Waals surface area contributed by atoms with Gasteiger partial charge in [-0.15, -0.1) is 0 Å². The second-order valence-corrected chi connectivity index (χ2v) is 4.77. The summed E-state index contributed by atoms with van der Waals surface area (Å²) >= 11 is 0. The molecule has 3 heteroatoms. The van der Waals surface area contributed by atoms with Crippen molar-refractivity contribution in [3.8, 4) is 0 Å². The van der Waals surface area contributed by atoms with Crippen LogP contribution in [0.3, 0.4) is 0 Å². The number of nitrogens with zero attached hydrogens (tertiary/aromatic N) is 2. The molecule has 0 saturated heterocycles. The maximum atomic E-state index is 4.37. The molecular weight excluding hydrogens is 210 g/mol. The highest BCUT2D eigenvalue weighted by atomic mass is 15.3. The molecule has 88 valence electrons. The fourth-order valence-electron chi connectivity index (χ4n) is 2.62. The SMILES string of the molecule is Cc1cccc(C2CNCc3c2cnn3C)c1. The summed E-state index contributed by atoms with van der Waals surface area (Å²) in [6.45, 7) is 4.07. The first-order valence-electron chi connectivity index (χ1n) is 6.04. The minimum atomic E-state index is 0.437. The van der Waals surface area contributed by atoms with E-state index in [1.165, 1.54) is 22.4 Å². The van der Waals surface area contributed by atoms with E-state index in [1.807, 2.05) is 17.9 Å². The van der Waals surface area contributed by atoms with E-state index in [1.54, 1.807) is 0 Å². The Morgan fingerprint density at radius 3 is 3.12 bits per heavy atom. The number of aromatic nitrogens is 2. The van der Waals surface area contributed by atoms with Crippen LogP contribution in [-0.2, 0) is 13.6 Å². The summed E-state index contributed by atoms with van der Waals surface area (Å²) in [6, 6.07) is 8.76. The summed E-state index contributed by atoms with van der Waals surface area (Å²) < 4.78 is 1.98. The first-order chi connectivity index (χ1) is 8.25. The molecule has 1 N–H and O–H groups in total. The number of benzene rings is 1. The summed E-state index contributed by atoms with van der Waals surface area (Å²) in [7, 11) is 2.01. The van der Waals surface area contributed by atoms with E-state index in [9.17, 15) is 0 Å². The van der Waals surface area contributed by atoms with E-state index in [4.69, 9.17) is 0 Å². The second kappa shape index (κ2) is 4.00. The lowest BCUT2D eigenvalue weighted by Gasteiger charge is -2.24. The van der Waals surface area contributed by atoms with Gasteiger partial charge in [0.15, 0.2) is 0 Å². The molecule has 0 amide bonds. The molecule has 1 aliphatic rings. The minimum Gasteiger partial charge on any atom is -0.310 e. The maximum Gasteiger partial charge on any atom is 0.0557 e. The summed E-state index contributed by atoms with van der Waals surface area (Å²) in [6.07, 6.45) is 2.02. The van der Waals surface area contributed by atoms with Gasteiger partial charge < -0.3 is 5.32 Å². The maximum absolute atomic E-state index is 4.37. The zero-order chi connectivity index (χ0) is 11.8. The molecule has 1 atom stereocenters. The highest BCUT2D eigenvalue weighted by Crippen LogP contribution is 2.29. The van der Waals surface area contributed by atoms with Gasteiger partial charge in [-0.05, 0) is 12.5 Å². The summed E-state index contributed by atoms with van der Waals surface area (Å²) in [5, 5.41) is 7.85. The minimum absolute atomic E-state index is 0.437. The fourth-order valence-corrected chi connectivity index (χ4v) is 2.62. The number of rotatable bonds is 1. The van der Waals surface area contributed by atoms with Crippen molar-refractivity contribution in [3.63, 3.8) is 0 Å². The standard InChI is InChI=1S/C14H17N3/c1-10-4-3-5-11(6-10)12-7-15-9-14-13(12)8-16-17(14)2/h3-6,8,12,15H,7,9H2,1-2H3. The molecule has 17 heavy (non-hydrogen) atoms. The van der Waals surface area contributed by atoms with Crippen molar-refractivity contribution >= 4 is 0 Å². The smallest absolute Gasteiger partial charge is 0.0557 e. The van der Waals surface area contributed by atoms with Gasteiger partial charge in [0.25, 0.3) is 0 Å². The predicted octanol–water partition coefficient (Wildman–Crippen LogP) is 1.96. The van der Waals surface area contributed by atoms with Crippen LogP contribution in [0.4, 0.5) is 0 Å². The molecule has 0 saturated carbocycles. The molecule has 0 spiro atoms. The molecule has 0 bridgehead atoms. The lowest BCUT2D eigenvalue weighted by Crippen LogP contribution is -2.29. The average Bonchev–Trinajstić information content (AvgIpc) is 2.71. The van der Waals surface area contributed by atoms with Gasteiger partial charge in [0.2, 0.25) is 0 Å². The van der Waals surface area contributed by atoms with Crippen LogP contribution in [0.2, 0.25) is 0 Å². The molecule has 3 rings (SSSR count). The van der Waals surface area contributed by atoms with Gasteiger partial charge >= 0.3 is 0 Å². The highest BCUT2D eigenvalue weighted by molar-refractivity contribution is 5.37. The highest BCUT2D eigenvalue weighted by Gasteiger charge is 2.24. The Bertz CT molecular complexity index is 542. The first-order valence-corrected chi connectivity index (χ1v) is 6.04. The molecule has 0 fully saturated rings. The topological polar surface area (TPSA) is 29.9 Å². The Morgan fingerprint density at radius 2 is 2.29 bits per heavy atom. The fraction of sp³-hybridized carbons (Fsp3) is 0.357. The molecule has 0 radical (unpaired) electrons. The second-order valence-electron chi connectivity index (χ2n) is 4.77. The van der Waals surface area contributed by atoms with E-state index >= 15 is 0 Å². The van der Waals surface area contributed by atoms with E-state index in [0.717, 1.165) is 13.1 Å². The molecule has 0 aliphatic carbocycles. The van der Waals surface area contributed by atoms with Crippen LogP contribution < -0.4 is 5.32 Å². The van der Waals surface area contributed by atoms with E-state index in [-0.39, 0.29) is 0 Å². The van der Waals surface area contributed by atoms with Crippen molar-refractivity contribution in [3.05, 3.63) is 52.8 Å². The van der Waals surface area contributed by atoms with Crippen molar-refractivity contribution < 1.29 is 0 Å². The van der Waals surface area contributed by atoms with Crippen LogP contribution in [0.5, 0.6) is 0 Å². The third-order valence-corrected chi connectivity index (χ3v) is 3.55. The van der Waals surface area contributed by atoms with Crippen molar-refractivity contribution in [2.24, 2.45) is 7.05 Å². The lowest BCUT2D eigenvalue weighted by atomic mass is 9.88. The van der Waals surface area contributed by atoms with Gasteiger partial charge in [0.1, 0.15) is 0 Å². The molecule has 2 aromatic rings. The molecular formula is C14H17N3. The third-order valence-electron chi connectivity index (χ3n) is 3.55. The van der Waals surface area contributed by atoms with Gasteiger partial charge in [0, 0.05) is 31.6 Å². The number of hydrogen-bond donors (Lipinski definition) is 1. The van der Waals surface area contributed by atoms with Gasteiger partial charge in [-0.1, -0.05) is 29.8 Å². The number of hydrogen-bond acceptors (Lipinski definition) is 2. The molecule has 1 aromatic carbocycles. The van der Waals surface area contributed by atoms with E-state index < -0.39 is 0 Å². The molecule has 2 heterocycles. The van der Waals surface area contributed by atoms with Crippen molar-refractivity contribution in [2.75, 3.05) is 6.54 Å². The zero-order valence-electron chi connectivity index (χ0n) is 10.3. The molecule has 1 unspecified atom stereocenters. The third kappa shape index (κ3) is 1.76. The van der Waals surface area contributed by atoms with Crippen molar-refractivity contribution in [1.82, 2.24) is 15.1 Å². The normalized spacial score (nSPS) is 19.1. The lowest BCUT2D eigenvalue weighted by molar-refractivity contribution is 0.558. The zero-order valence-corrected chi connectivity index (χ0v) is 10.3. The largest absolute Gasteiger partial charge is 0.310 e. The molecule has 1 aromatic heterocycles. The summed E-state index contributed by atoms with van der Waals surface area (Å²) in [5.41, 5.74) is 5.38. The summed E-state index contributed by atoms with van der Waals surface area (Å²) in [4.78, 5) is 0. The van der Waals surface area contributed by atoms with Gasteiger partial charge in [0.05, 0.1) is 11.9 Å².